The molecule has 1 amide bonds. The number of benzene rings is 3. The molecule has 1 aromatic heterocycles. The Morgan fingerprint density at radius 3 is 2.59 bits per heavy atom. The zero-order chi connectivity index (χ0) is 23.8. The van der Waals surface area contributed by atoms with Crippen LogP contribution in [0.4, 0.5) is 5.69 Å². The van der Waals surface area contributed by atoms with Gasteiger partial charge < -0.3 is 9.15 Å². The molecule has 1 unspecified atom stereocenters. The first kappa shape index (κ1) is 22.4. The van der Waals surface area contributed by atoms with Crippen molar-refractivity contribution in [2.24, 2.45) is 0 Å². The summed E-state index contributed by atoms with van der Waals surface area (Å²) in [4.78, 5) is 29.1. The molecule has 0 fully saturated rings. The highest BCUT2D eigenvalue weighted by Gasteiger charge is 2.43. The van der Waals surface area contributed by atoms with Crippen molar-refractivity contribution in [1.82, 2.24) is 0 Å². The Bertz CT molecular complexity index is 1440. The van der Waals surface area contributed by atoms with E-state index in [1.807, 2.05) is 55.5 Å². The SMILES string of the molecule is CCCCOc1cccc(C2c3c(oc4ccc(Br)cc4c3=O)C(=O)N2c2ccc(C)cc2)c1. The topological polar surface area (TPSA) is 59.8 Å². The van der Waals surface area contributed by atoms with E-state index in [9.17, 15) is 9.59 Å². The van der Waals surface area contributed by atoms with Gasteiger partial charge in [-0.15, -0.1) is 0 Å². The number of unbranched alkanes of at least 4 members (excludes halogenated alkanes) is 1. The smallest absolute Gasteiger partial charge is 0.295 e. The van der Waals surface area contributed by atoms with Crippen LogP contribution in [0.2, 0.25) is 0 Å². The maximum Gasteiger partial charge on any atom is 0.295 e. The molecule has 0 saturated heterocycles. The van der Waals surface area contributed by atoms with E-state index in [0.29, 0.717) is 34.6 Å². The third kappa shape index (κ3) is 3.92. The minimum Gasteiger partial charge on any atom is -0.494 e. The number of carbonyl (C=O) groups excluding carboxylic acids is 1. The number of amides is 1. The molecule has 0 saturated carbocycles. The van der Waals surface area contributed by atoms with E-state index in [0.717, 1.165) is 28.4 Å². The van der Waals surface area contributed by atoms with Gasteiger partial charge in [-0.3, -0.25) is 14.5 Å². The van der Waals surface area contributed by atoms with Crippen molar-refractivity contribution in [2.45, 2.75) is 32.7 Å². The number of halogens is 1. The van der Waals surface area contributed by atoms with Gasteiger partial charge in [-0.1, -0.05) is 59.1 Å². The highest BCUT2D eigenvalue weighted by Crippen LogP contribution is 2.42. The maximum absolute atomic E-state index is 13.7. The van der Waals surface area contributed by atoms with Crippen molar-refractivity contribution in [2.75, 3.05) is 11.5 Å². The van der Waals surface area contributed by atoms with Crippen LogP contribution in [0.5, 0.6) is 5.75 Å². The normalized spacial score (nSPS) is 15.1. The molecule has 1 atom stereocenters. The van der Waals surface area contributed by atoms with Gasteiger partial charge in [-0.2, -0.15) is 0 Å². The quantitative estimate of drug-likeness (QED) is 0.264. The van der Waals surface area contributed by atoms with Gasteiger partial charge in [0.2, 0.25) is 5.76 Å². The van der Waals surface area contributed by atoms with Crippen LogP contribution < -0.4 is 15.1 Å². The first-order valence-corrected chi connectivity index (χ1v) is 12.2. The van der Waals surface area contributed by atoms with Gasteiger partial charge in [-0.25, -0.2) is 0 Å². The number of aryl methyl sites for hydroxylation is 1. The van der Waals surface area contributed by atoms with Gasteiger partial charge in [0.15, 0.2) is 5.43 Å². The molecule has 2 heterocycles. The summed E-state index contributed by atoms with van der Waals surface area (Å²) in [5.74, 6) is 0.467. The van der Waals surface area contributed by atoms with Crippen LogP contribution in [0.25, 0.3) is 11.0 Å². The number of fused-ring (bicyclic) bond motifs is 2. The van der Waals surface area contributed by atoms with Gasteiger partial charge in [0.05, 0.1) is 23.6 Å². The van der Waals surface area contributed by atoms with Crippen molar-refractivity contribution in [1.29, 1.82) is 0 Å². The van der Waals surface area contributed by atoms with E-state index in [4.69, 9.17) is 9.15 Å². The van der Waals surface area contributed by atoms with Crippen LogP contribution in [0.1, 0.15) is 53.1 Å². The fraction of sp³-hybridized carbons (Fsp3) is 0.214. The summed E-state index contributed by atoms with van der Waals surface area (Å²) in [7, 11) is 0. The number of hydrogen-bond donors (Lipinski definition) is 0. The van der Waals surface area contributed by atoms with Gasteiger partial charge in [0.1, 0.15) is 11.3 Å². The van der Waals surface area contributed by atoms with Crippen LogP contribution in [-0.4, -0.2) is 12.5 Å². The van der Waals surface area contributed by atoms with Crippen molar-refractivity contribution >= 4 is 38.5 Å². The number of hydrogen-bond acceptors (Lipinski definition) is 4. The van der Waals surface area contributed by atoms with Crippen molar-refractivity contribution in [3.05, 3.63) is 104 Å². The number of carbonyl (C=O) groups is 1. The van der Waals surface area contributed by atoms with Gasteiger partial charge >= 0.3 is 0 Å². The second kappa shape index (κ2) is 9.11. The Morgan fingerprint density at radius 2 is 1.82 bits per heavy atom. The predicted octanol–water partition coefficient (Wildman–Crippen LogP) is 6.79. The monoisotopic (exact) mass is 517 g/mol. The van der Waals surface area contributed by atoms with Crippen LogP contribution in [-0.2, 0) is 0 Å². The number of rotatable bonds is 6. The second-order valence-corrected chi connectivity index (χ2v) is 9.42. The molecule has 4 aromatic rings. The number of nitrogens with zero attached hydrogens (tertiary/aromatic N) is 1. The molecule has 0 bridgehead atoms. The molecule has 172 valence electrons. The lowest BCUT2D eigenvalue weighted by Gasteiger charge is -2.25. The fourth-order valence-electron chi connectivity index (χ4n) is 4.34. The van der Waals surface area contributed by atoms with Gasteiger partial charge in [0, 0.05) is 10.2 Å². The summed E-state index contributed by atoms with van der Waals surface area (Å²) in [6, 6.07) is 19.9. The average Bonchev–Trinajstić information content (AvgIpc) is 3.13. The van der Waals surface area contributed by atoms with Crippen molar-refractivity contribution in [3.63, 3.8) is 0 Å². The molecule has 34 heavy (non-hydrogen) atoms. The Morgan fingerprint density at radius 1 is 1.03 bits per heavy atom. The van der Waals surface area contributed by atoms with Crippen LogP contribution in [0, 0.1) is 6.92 Å². The predicted molar refractivity (Wildman–Crippen MR) is 137 cm³/mol. The van der Waals surface area contributed by atoms with E-state index in [-0.39, 0.29) is 17.1 Å². The van der Waals surface area contributed by atoms with E-state index >= 15 is 0 Å². The Balaban J connectivity index is 1.71. The minimum absolute atomic E-state index is 0.0858. The molecule has 0 aliphatic carbocycles. The summed E-state index contributed by atoms with van der Waals surface area (Å²) in [6.45, 7) is 4.72. The average molecular weight is 518 g/mol. The largest absolute Gasteiger partial charge is 0.494 e. The molecule has 1 aliphatic heterocycles. The molecule has 5 nitrogen and oxygen atoms in total. The molecular formula is C28H24BrNO4. The highest BCUT2D eigenvalue weighted by molar-refractivity contribution is 9.10. The summed E-state index contributed by atoms with van der Waals surface area (Å²) in [5, 5.41) is 0.437. The number of anilines is 1. The first-order chi connectivity index (χ1) is 16.5. The Kier molecular flexibility index (Phi) is 6.00. The van der Waals surface area contributed by atoms with Gasteiger partial charge in [-0.05, 0) is 61.4 Å². The minimum atomic E-state index is -0.625. The Labute approximate surface area is 206 Å². The van der Waals surface area contributed by atoms with E-state index < -0.39 is 6.04 Å². The fourth-order valence-corrected chi connectivity index (χ4v) is 4.70. The second-order valence-electron chi connectivity index (χ2n) is 8.50. The molecule has 0 N–H and O–H groups in total. The number of ether oxygens (including phenoxy) is 1. The molecule has 6 heteroatoms. The molecule has 5 rings (SSSR count). The third-order valence-corrected chi connectivity index (χ3v) is 6.58. The van der Waals surface area contributed by atoms with Gasteiger partial charge in [0.25, 0.3) is 5.91 Å². The Hall–Kier alpha value is -3.38. The molecular weight excluding hydrogens is 494 g/mol. The van der Waals surface area contributed by atoms with Crippen LogP contribution in [0.3, 0.4) is 0 Å². The van der Waals surface area contributed by atoms with E-state index in [1.165, 1.54) is 0 Å². The van der Waals surface area contributed by atoms with Crippen molar-refractivity contribution < 1.29 is 13.9 Å². The summed E-state index contributed by atoms with van der Waals surface area (Å²) in [5.41, 5.74) is 3.11. The molecule has 0 spiro atoms. The zero-order valence-electron chi connectivity index (χ0n) is 19.0. The van der Waals surface area contributed by atoms with Crippen molar-refractivity contribution in [3.8, 4) is 5.75 Å². The van der Waals surface area contributed by atoms with Crippen LogP contribution >= 0.6 is 15.9 Å². The van der Waals surface area contributed by atoms with Crippen LogP contribution in [0.15, 0.2) is 80.4 Å². The summed E-state index contributed by atoms with van der Waals surface area (Å²) in [6.07, 6.45) is 1.99. The van der Waals surface area contributed by atoms with E-state index in [2.05, 4.69) is 22.9 Å². The van der Waals surface area contributed by atoms with E-state index in [1.54, 1.807) is 23.1 Å². The highest BCUT2D eigenvalue weighted by atomic mass is 79.9. The molecule has 0 radical (unpaired) electrons. The summed E-state index contributed by atoms with van der Waals surface area (Å²) < 4.78 is 12.7. The zero-order valence-corrected chi connectivity index (χ0v) is 20.6. The maximum atomic E-state index is 13.7. The first-order valence-electron chi connectivity index (χ1n) is 11.4. The standard InChI is InChI=1S/C28H24BrNO4/c1-3-4-14-33-21-7-5-6-18(15-21)25-24-26(31)22-16-19(29)10-13-23(22)34-27(24)28(32)30(25)20-11-8-17(2)9-12-20/h5-13,15-16,25H,3-4,14H2,1-2H3. The molecule has 1 aliphatic rings. The third-order valence-electron chi connectivity index (χ3n) is 6.08. The lowest BCUT2D eigenvalue weighted by molar-refractivity contribution is 0.0971. The summed E-state index contributed by atoms with van der Waals surface area (Å²) >= 11 is 3.44. The lowest BCUT2D eigenvalue weighted by atomic mass is 9.98. The lowest BCUT2D eigenvalue weighted by Crippen LogP contribution is -2.29. The molecule has 3 aromatic carbocycles.